The Morgan fingerprint density at radius 1 is 1.38 bits per heavy atom. The fourth-order valence-electron chi connectivity index (χ4n) is 2.21. The van der Waals surface area contributed by atoms with Gasteiger partial charge in [0.15, 0.2) is 4.77 Å². The molecule has 1 heterocycles. The van der Waals surface area contributed by atoms with Gasteiger partial charge in [0, 0.05) is 16.7 Å². The lowest BCUT2D eigenvalue weighted by Gasteiger charge is -2.17. The van der Waals surface area contributed by atoms with Gasteiger partial charge in [0.05, 0.1) is 12.8 Å². The number of aromatic nitrogens is 2. The Bertz CT molecular complexity index is 950. The van der Waals surface area contributed by atoms with Crippen molar-refractivity contribution in [3.8, 4) is 17.0 Å². The third-order valence-corrected chi connectivity index (χ3v) is 3.82. The number of amides is 1. The summed E-state index contributed by atoms with van der Waals surface area (Å²) in [6, 6.07) is 5.99. The average Bonchev–Trinajstić information content (AvgIpc) is 2.49. The van der Waals surface area contributed by atoms with Gasteiger partial charge in [-0.15, -0.1) is 0 Å². The molecule has 0 bridgehead atoms. The van der Waals surface area contributed by atoms with E-state index < -0.39 is 17.4 Å². The number of methoxy groups -OCH3 is 1. The van der Waals surface area contributed by atoms with Gasteiger partial charge in [0.2, 0.25) is 11.9 Å². The molecule has 0 radical (unpaired) electrons. The van der Waals surface area contributed by atoms with Crippen molar-refractivity contribution in [3.63, 3.8) is 0 Å². The molecule has 0 saturated heterocycles. The lowest BCUT2D eigenvalue weighted by atomic mass is 10.1. The second-order valence-corrected chi connectivity index (χ2v) is 5.57. The number of primary amides is 1. The highest BCUT2D eigenvalue weighted by Gasteiger charge is 2.17. The summed E-state index contributed by atoms with van der Waals surface area (Å²) in [6.07, 6.45) is 0. The molecule has 0 atom stereocenters. The second-order valence-electron chi connectivity index (χ2n) is 4.77. The first-order valence-electron chi connectivity index (χ1n) is 6.59. The number of nitrogens with one attached hydrogen (secondary N) is 1. The van der Waals surface area contributed by atoms with Gasteiger partial charge in [-0.05, 0) is 30.4 Å². The highest BCUT2D eigenvalue weighted by Crippen LogP contribution is 2.32. The van der Waals surface area contributed by atoms with E-state index in [-0.39, 0.29) is 17.0 Å². The summed E-state index contributed by atoms with van der Waals surface area (Å²) >= 11 is 11.2. The summed E-state index contributed by atoms with van der Waals surface area (Å²) in [7, 11) is 1.45. The van der Waals surface area contributed by atoms with Crippen molar-refractivity contribution in [2.24, 2.45) is 11.5 Å². The van der Waals surface area contributed by atoms with E-state index in [2.05, 4.69) is 0 Å². The Balaban J connectivity index is 2.91. The van der Waals surface area contributed by atoms with Gasteiger partial charge in [-0.25, -0.2) is 4.57 Å². The Labute approximate surface area is 146 Å². The molecule has 8 nitrogen and oxygen atoms in total. The number of carbonyl (C=O) groups is 1. The van der Waals surface area contributed by atoms with Crippen LogP contribution in [-0.2, 0) is 11.3 Å². The molecule has 0 aliphatic carbocycles. The maximum Gasteiger partial charge on any atom is 0.261 e. The maximum atomic E-state index is 12.3. The molecule has 0 fully saturated rings. The Morgan fingerprint density at radius 3 is 2.58 bits per heavy atom. The number of nitrogens with zero attached hydrogens (tertiary/aromatic N) is 2. The molecule has 0 aliphatic heterocycles. The highest BCUT2D eigenvalue weighted by molar-refractivity contribution is 7.71. The van der Waals surface area contributed by atoms with E-state index >= 15 is 0 Å². The van der Waals surface area contributed by atoms with Crippen molar-refractivity contribution in [1.29, 1.82) is 5.41 Å². The van der Waals surface area contributed by atoms with Crippen molar-refractivity contribution in [1.82, 2.24) is 9.13 Å². The Morgan fingerprint density at radius 2 is 2.04 bits per heavy atom. The van der Waals surface area contributed by atoms with E-state index in [1.54, 1.807) is 18.2 Å². The normalized spacial score (nSPS) is 10.4. The number of ether oxygens (including phenoxy) is 1. The van der Waals surface area contributed by atoms with Gasteiger partial charge in [-0.3, -0.25) is 15.0 Å². The number of hydrogen-bond donors (Lipinski definition) is 3. The third-order valence-electron chi connectivity index (χ3n) is 3.19. The molecule has 2 rings (SSSR count). The van der Waals surface area contributed by atoms with Crippen LogP contribution in [0.3, 0.4) is 0 Å². The zero-order valence-electron chi connectivity index (χ0n) is 12.6. The first-order valence-corrected chi connectivity index (χ1v) is 7.38. The first-order chi connectivity index (χ1) is 11.3. The summed E-state index contributed by atoms with van der Waals surface area (Å²) in [5, 5.41) is 7.88. The van der Waals surface area contributed by atoms with E-state index in [1.165, 1.54) is 17.7 Å². The molecular formula is C14H14ClN5O3S. The molecule has 126 valence electrons. The number of benzene rings is 1. The van der Waals surface area contributed by atoms with Crippen LogP contribution in [-0.4, -0.2) is 28.1 Å². The predicted octanol–water partition coefficient (Wildman–Crippen LogP) is 0.935. The van der Waals surface area contributed by atoms with E-state index in [9.17, 15) is 9.59 Å². The van der Waals surface area contributed by atoms with E-state index in [1.807, 2.05) is 0 Å². The van der Waals surface area contributed by atoms with Gasteiger partial charge in [-0.1, -0.05) is 11.6 Å². The summed E-state index contributed by atoms with van der Waals surface area (Å²) in [5.41, 5.74) is 10.8. The molecule has 10 heteroatoms. The molecule has 24 heavy (non-hydrogen) atoms. The number of halogens is 1. The molecule has 5 N–H and O–H groups in total. The van der Waals surface area contributed by atoms with Crippen molar-refractivity contribution in [2.75, 3.05) is 7.11 Å². The standard InChI is InChI=1S/C14H14ClN5O3S/c1-23-10-3-2-7(15)4-8(10)9-5-12(22)20(13(17)18)14(24)19(9)6-11(16)21/h2-5H,6H2,1H3,(H2,16,21)(H3,17,18). The molecule has 1 amide bonds. The minimum atomic E-state index is -0.679. The Kier molecular flexibility index (Phi) is 5.05. The highest BCUT2D eigenvalue weighted by atomic mass is 35.5. The van der Waals surface area contributed by atoms with Crippen LogP contribution < -0.4 is 21.8 Å². The maximum absolute atomic E-state index is 12.3. The first kappa shape index (κ1) is 17.7. The van der Waals surface area contributed by atoms with Crippen LogP contribution in [0.25, 0.3) is 11.3 Å². The topological polar surface area (TPSA) is 129 Å². The van der Waals surface area contributed by atoms with Crippen LogP contribution in [0.2, 0.25) is 5.02 Å². The van der Waals surface area contributed by atoms with E-state index in [0.29, 0.717) is 16.3 Å². The van der Waals surface area contributed by atoms with Gasteiger partial charge < -0.3 is 20.8 Å². The number of hydrogen-bond acceptors (Lipinski definition) is 5. The average molecular weight is 368 g/mol. The van der Waals surface area contributed by atoms with Gasteiger partial charge in [-0.2, -0.15) is 0 Å². The quantitative estimate of drug-likeness (QED) is 0.420. The summed E-state index contributed by atoms with van der Waals surface area (Å²) in [4.78, 5) is 23.7. The Hall–Kier alpha value is -2.65. The van der Waals surface area contributed by atoms with Crippen molar-refractivity contribution in [3.05, 3.63) is 44.4 Å². The fraction of sp³-hybridized carbons (Fsp3) is 0.143. The predicted molar refractivity (Wildman–Crippen MR) is 93.0 cm³/mol. The number of rotatable bonds is 4. The molecule has 0 unspecified atom stereocenters. The van der Waals surface area contributed by atoms with Crippen LogP contribution in [0.1, 0.15) is 0 Å². The number of nitrogen functional groups attached to an aromatic ring is 1. The number of nitrogens with two attached hydrogens (primary N) is 2. The van der Waals surface area contributed by atoms with Crippen LogP contribution in [0.5, 0.6) is 5.75 Å². The number of carbonyl (C=O) groups excluding carboxylic acids is 1. The monoisotopic (exact) mass is 367 g/mol. The summed E-state index contributed by atoms with van der Waals surface area (Å²) in [5.74, 6) is -0.818. The smallest absolute Gasteiger partial charge is 0.261 e. The van der Waals surface area contributed by atoms with Crippen LogP contribution in [0.4, 0.5) is 0 Å². The lowest BCUT2D eigenvalue weighted by Crippen LogP contribution is -2.36. The SMILES string of the molecule is COc1ccc(Cl)cc1-c1cc(=O)n(C(=N)N)c(=S)n1CC(N)=O. The van der Waals surface area contributed by atoms with E-state index in [4.69, 9.17) is 45.4 Å². The van der Waals surface area contributed by atoms with Crippen LogP contribution in [0.15, 0.2) is 29.1 Å². The van der Waals surface area contributed by atoms with Crippen molar-refractivity contribution < 1.29 is 9.53 Å². The minimum Gasteiger partial charge on any atom is -0.496 e. The summed E-state index contributed by atoms with van der Waals surface area (Å²) < 4.78 is 7.23. The van der Waals surface area contributed by atoms with E-state index in [0.717, 1.165) is 4.57 Å². The van der Waals surface area contributed by atoms with Crippen LogP contribution >= 0.6 is 23.8 Å². The molecule has 0 spiro atoms. The second kappa shape index (κ2) is 6.85. The van der Waals surface area contributed by atoms with Crippen LogP contribution in [0, 0.1) is 10.2 Å². The van der Waals surface area contributed by atoms with Gasteiger partial charge >= 0.3 is 0 Å². The molecule has 1 aromatic carbocycles. The van der Waals surface area contributed by atoms with Crippen molar-refractivity contribution >= 4 is 35.7 Å². The lowest BCUT2D eigenvalue weighted by molar-refractivity contribution is -0.118. The molecular weight excluding hydrogens is 354 g/mol. The largest absolute Gasteiger partial charge is 0.496 e. The van der Waals surface area contributed by atoms with Gasteiger partial charge in [0.1, 0.15) is 12.3 Å². The fourth-order valence-corrected chi connectivity index (χ4v) is 2.73. The summed E-state index contributed by atoms with van der Waals surface area (Å²) in [6.45, 7) is -0.308. The van der Waals surface area contributed by atoms with Gasteiger partial charge in [0.25, 0.3) is 5.56 Å². The zero-order valence-corrected chi connectivity index (χ0v) is 14.1. The molecule has 0 saturated carbocycles. The zero-order chi connectivity index (χ0) is 18.0. The molecule has 2 aromatic rings. The van der Waals surface area contributed by atoms with Crippen molar-refractivity contribution in [2.45, 2.75) is 6.54 Å². The molecule has 1 aromatic heterocycles. The minimum absolute atomic E-state index is 0.133. The molecule has 0 aliphatic rings. The third kappa shape index (κ3) is 3.31.